The average molecular weight is 207 g/mol. The summed E-state index contributed by atoms with van der Waals surface area (Å²) < 4.78 is 0. The molecule has 0 aromatic heterocycles. The predicted octanol–water partition coefficient (Wildman–Crippen LogP) is 1.34. The van der Waals surface area contributed by atoms with Gasteiger partial charge in [-0.05, 0) is 12.5 Å². The number of aliphatic hydroxyl groups is 1. The summed E-state index contributed by atoms with van der Waals surface area (Å²) in [6.07, 6.45) is 0.197. The summed E-state index contributed by atoms with van der Waals surface area (Å²) in [6.45, 7) is 2.54. The van der Waals surface area contributed by atoms with Gasteiger partial charge in [0.1, 0.15) is 0 Å². The number of aliphatic hydroxyl groups excluding tert-OH is 1. The molecule has 0 unspecified atom stereocenters. The summed E-state index contributed by atoms with van der Waals surface area (Å²) in [4.78, 5) is 13.0. The van der Waals surface area contributed by atoms with E-state index in [0.29, 0.717) is 6.54 Å². The fourth-order valence-electron chi connectivity index (χ4n) is 1.34. The second kappa shape index (κ2) is 5.51. The Labute approximate surface area is 90.3 Å². The van der Waals surface area contributed by atoms with Crippen molar-refractivity contribution >= 4 is 5.91 Å². The van der Waals surface area contributed by atoms with Crippen LogP contribution in [0.3, 0.4) is 0 Å². The highest BCUT2D eigenvalue weighted by molar-refractivity contribution is 5.75. The van der Waals surface area contributed by atoms with Gasteiger partial charge in [-0.15, -0.1) is 0 Å². The first-order valence-electron chi connectivity index (χ1n) is 5.04. The lowest BCUT2D eigenvalue weighted by Gasteiger charge is -2.16. The minimum Gasteiger partial charge on any atom is -0.396 e. The summed E-state index contributed by atoms with van der Waals surface area (Å²) in [5.41, 5.74) is 2.32. The van der Waals surface area contributed by atoms with Gasteiger partial charge < -0.3 is 10.0 Å². The van der Waals surface area contributed by atoms with Gasteiger partial charge in [0, 0.05) is 20.0 Å². The number of carbonyl (C=O) groups is 1. The highest BCUT2D eigenvalue weighted by atomic mass is 16.3. The third-order valence-electron chi connectivity index (χ3n) is 2.29. The molecule has 0 radical (unpaired) electrons. The Balaban J connectivity index is 2.54. The van der Waals surface area contributed by atoms with Gasteiger partial charge in [0.25, 0.3) is 0 Å². The van der Waals surface area contributed by atoms with Crippen LogP contribution in [0.5, 0.6) is 0 Å². The van der Waals surface area contributed by atoms with Crippen LogP contribution in [0.25, 0.3) is 0 Å². The molecule has 0 bridgehead atoms. The second-order valence-corrected chi connectivity index (χ2v) is 3.71. The standard InChI is InChI=1S/C12H17NO2/c1-10-3-5-11(6-4-10)9-13(2)12(15)7-8-14/h3-6,14H,7-9H2,1-2H3. The van der Waals surface area contributed by atoms with E-state index < -0.39 is 0 Å². The van der Waals surface area contributed by atoms with E-state index in [-0.39, 0.29) is 18.9 Å². The third-order valence-corrected chi connectivity index (χ3v) is 2.29. The van der Waals surface area contributed by atoms with Gasteiger partial charge in [-0.2, -0.15) is 0 Å². The maximum atomic E-state index is 11.4. The lowest BCUT2D eigenvalue weighted by atomic mass is 10.1. The van der Waals surface area contributed by atoms with E-state index >= 15 is 0 Å². The van der Waals surface area contributed by atoms with E-state index in [0.717, 1.165) is 5.56 Å². The van der Waals surface area contributed by atoms with Crippen LogP contribution >= 0.6 is 0 Å². The zero-order valence-corrected chi connectivity index (χ0v) is 9.23. The van der Waals surface area contributed by atoms with Crippen LogP contribution < -0.4 is 0 Å². The van der Waals surface area contributed by atoms with Crippen LogP contribution in [-0.2, 0) is 11.3 Å². The molecule has 3 nitrogen and oxygen atoms in total. The maximum Gasteiger partial charge on any atom is 0.224 e. The molecule has 0 saturated heterocycles. The minimum atomic E-state index is -0.0862. The summed E-state index contributed by atoms with van der Waals surface area (Å²) in [6, 6.07) is 8.08. The molecule has 0 atom stereocenters. The Kier molecular flexibility index (Phi) is 4.31. The fourth-order valence-corrected chi connectivity index (χ4v) is 1.34. The van der Waals surface area contributed by atoms with Crippen LogP contribution in [0.1, 0.15) is 17.5 Å². The van der Waals surface area contributed by atoms with Crippen molar-refractivity contribution in [3.63, 3.8) is 0 Å². The largest absolute Gasteiger partial charge is 0.396 e. The molecule has 0 saturated carbocycles. The summed E-state index contributed by atoms with van der Waals surface area (Å²) in [5.74, 6) is -0.0296. The molecule has 15 heavy (non-hydrogen) atoms. The molecule has 3 heteroatoms. The first kappa shape index (κ1) is 11.7. The number of carbonyl (C=O) groups excluding carboxylic acids is 1. The van der Waals surface area contributed by atoms with Gasteiger partial charge >= 0.3 is 0 Å². The molecule has 1 N–H and O–H groups in total. The Morgan fingerprint density at radius 1 is 1.33 bits per heavy atom. The van der Waals surface area contributed by atoms with E-state index in [1.807, 2.05) is 31.2 Å². The summed E-state index contributed by atoms with van der Waals surface area (Å²) in [5, 5.41) is 8.64. The molecule has 1 amide bonds. The fraction of sp³-hybridized carbons (Fsp3) is 0.417. The van der Waals surface area contributed by atoms with Crippen LogP contribution in [0.2, 0.25) is 0 Å². The average Bonchev–Trinajstić information content (AvgIpc) is 2.22. The van der Waals surface area contributed by atoms with Crippen molar-refractivity contribution in [3.05, 3.63) is 35.4 Å². The second-order valence-electron chi connectivity index (χ2n) is 3.71. The lowest BCUT2D eigenvalue weighted by molar-refractivity contribution is -0.131. The van der Waals surface area contributed by atoms with E-state index in [9.17, 15) is 4.79 Å². The minimum absolute atomic E-state index is 0.0296. The van der Waals surface area contributed by atoms with Crippen LogP contribution in [0, 0.1) is 6.92 Å². The predicted molar refractivity (Wildman–Crippen MR) is 59.4 cm³/mol. The Hall–Kier alpha value is -1.35. The Morgan fingerprint density at radius 3 is 2.47 bits per heavy atom. The molecule has 0 spiro atoms. The van der Waals surface area contributed by atoms with Crippen molar-refractivity contribution in [3.8, 4) is 0 Å². The van der Waals surface area contributed by atoms with Crippen LogP contribution in [0.4, 0.5) is 0 Å². The number of hydrogen-bond donors (Lipinski definition) is 1. The van der Waals surface area contributed by atoms with E-state index in [2.05, 4.69) is 0 Å². The normalized spacial score (nSPS) is 10.1. The van der Waals surface area contributed by atoms with Gasteiger partial charge in [-0.3, -0.25) is 4.79 Å². The molecule has 0 heterocycles. The van der Waals surface area contributed by atoms with E-state index in [1.54, 1.807) is 11.9 Å². The maximum absolute atomic E-state index is 11.4. The van der Waals surface area contributed by atoms with Crippen molar-refractivity contribution in [2.75, 3.05) is 13.7 Å². The molecule has 0 aliphatic heterocycles. The molecule has 0 aliphatic rings. The molecular formula is C12H17NO2. The summed E-state index contributed by atoms with van der Waals surface area (Å²) in [7, 11) is 1.75. The lowest BCUT2D eigenvalue weighted by Crippen LogP contribution is -2.26. The first-order valence-corrected chi connectivity index (χ1v) is 5.04. The number of benzene rings is 1. The van der Waals surface area contributed by atoms with E-state index in [1.165, 1.54) is 5.56 Å². The smallest absolute Gasteiger partial charge is 0.224 e. The zero-order chi connectivity index (χ0) is 11.3. The van der Waals surface area contributed by atoms with Crippen molar-refractivity contribution in [2.45, 2.75) is 19.9 Å². The monoisotopic (exact) mass is 207 g/mol. The number of hydrogen-bond acceptors (Lipinski definition) is 2. The zero-order valence-electron chi connectivity index (χ0n) is 9.23. The third kappa shape index (κ3) is 3.72. The van der Waals surface area contributed by atoms with E-state index in [4.69, 9.17) is 5.11 Å². The molecular weight excluding hydrogens is 190 g/mol. The Morgan fingerprint density at radius 2 is 1.93 bits per heavy atom. The number of nitrogens with zero attached hydrogens (tertiary/aromatic N) is 1. The van der Waals surface area contributed by atoms with Crippen molar-refractivity contribution in [2.24, 2.45) is 0 Å². The van der Waals surface area contributed by atoms with Crippen molar-refractivity contribution in [1.29, 1.82) is 0 Å². The molecule has 1 aromatic rings. The number of aryl methyl sites for hydroxylation is 1. The molecule has 0 fully saturated rings. The topological polar surface area (TPSA) is 40.5 Å². The number of amides is 1. The molecule has 0 aliphatic carbocycles. The van der Waals surface area contributed by atoms with Gasteiger partial charge in [0.2, 0.25) is 5.91 Å². The molecule has 82 valence electrons. The first-order chi connectivity index (χ1) is 7.13. The SMILES string of the molecule is Cc1ccc(CN(C)C(=O)CCO)cc1. The van der Waals surface area contributed by atoms with Gasteiger partial charge in [0.05, 0.1) is 6.61 Å². The number of rotatable bonds is 4. The van der Waals surface area contributed by atoms with Gasteiger partial charge in [-0.1, -0.05) is 29.8 Å². The van der Waals surface area contributed by atoms with Crippen LogP contribution in [0.15, 0.2) is 24.3 Å². The van der Waals surface area contributed by atoms with Crippen molar-refractivity contribution in [1.82, 2.24) is 4.90 Å². The highest BCUT2D eigenvalue weighted by Crippen LogP contribution is 2.06. The van der Waals surface area contributed by atoms with Crippen LogP contribution in [-0.4, -0.2) is 29.6 Å². The van der Waals surface area contributed by atoms with Gasteiger partial charge in [-0.25, -0.2) is 0 Å². The summed E-state index contributed by atoms with van der Waals surface area (Å²) >= 11 is 0. The van der Waals surface area contributed by atoms with Gasteiger partial charge in [0.15, 0.2) is 0 Å². The molecule has 1 rings (SSSR count). The quantitative estimate of drug-likeness (QED) is 0.809. The highest BCUT2D eigenvalue weighted by Gasteiger charge is 2.07. The Bertz CT molecular complexity index is 319. The molecule has 1 aromatic carbocycles. The van der Waals surface area contributed by atoms with Crippen molar-refractivity contribution < 1.29 is 9.90 Å².